The second-order valence-electron chi connectivity index (χ2n) is 9.21. The van der Waals surface area contributed by atoms with Gasteiger partial charge in [0.1, 0.15) is 11.4 Å². The van der Waals surface area contributed by atoms with E-state index in [9.17, 15) is 5.11 Å². The van der Waals surface area contributed by atoms with E-state index >= 15 is 0 Å². The monoisotopic (exact) mass is 443 g/mol. The molecule has 2 atom stereocenters. The molecule has 2 aromatic carbocycles. The number of nitrogens with zero attached hydrogens (tertiary/aromatic N) is 1. The van der Waals surface area contributed by atoms with E-state index in [0.29, 0.717) is 0 Å². The van der Waals surface area contributed by atoms with Gasteiger partial charge >= 0.3 is 0 Å². The molecule has 2 fully saturated rings. The number of ether oxygens (including phenoxy) is 1. The molecule has 1 saturated heterocycles. The lowest BCUT2D eigenvalue weighted by Crippen LogP contribution is -2.47. The number of methoxy groups -OCH3 is 1. The molecule has 1 saturated carbocycles. The van der Waals surface area contributed by atoms with Crippen molar-refractivity contribution in [3.63, 3.8) is 0 Å². The predicted octanol–water partition coefficient (Wildman–Crippen LogP) is 6.15. The van der Waals surface area contributed by atoms with E-state index in [1.54, 1.807) is 7.11 Å². The van der Waals surface area contributed by atoms with Crippen LogP contribution in [0.15, 0.2) is 54.6 Å². The first-order chi connectivity index (χ1) is 14.7. The van der Waals surface area contributed by atoms with Gasteiger partial charge in [0.15, 0.2) is 0 Å². The van der Waals surface area contributed by atoms with Crippen LogP contribution in [-0.2, 0) is 5.60 Å². The second kappa shape index (κ2) is 11.4. The molecule has 0 amide bonds. The first-order valence-electron chi connectivity index (χ1n) is 11.9. The van der Waals surface area contributed by atoms with Gasteiger partial charge in [-0.3, -0.25) is 0 Å². The van der Waals surface area contributed by atoms with Gasteiger partial charge in [0.2, 0.25) is 0 Å². The lowest BCUT2D eigenvalue weighted by Gasteiger charge is -2.46. The minimum Gasteiger partial charge on any atom is -0.497 e. The zero-order chi connectivity index (χ0) is 20.8. The van der Waals surface area contributed by atoms with E-state index in [4.69, 9.17) is 4.74 Å². The summed E-state index contributed by atoms with van der Waals surface area (Å²) in [4.78, 5) is 2.58. The first kappa shape index (κ1) is 24.1. The summed E-state index contributed by atoms with van der Waals surface area (Å²) in [6.07, 6.45) is 9.80. The van der Waals surface area contributed by atoms with Crippen molar-refractivity contribution in [2.75, 3.05) is 26.7 Å². The Labute approximate surface area is 194 Å². The van der Waals surface area contributed by atoms with Crippen molar-refractivity contribution >= 4 is 12.4 Å². The highest BCUT2D eigenvalue weighted by Crippen LogP contribution is 2.48. The summed E-state index contributed by atoms with van der Waals surface area (Å²) in [6, 6.07) is 18.9. The normalized spacial score (nSPS) is 21.0. The largest absolute Gasteiger partial charge is 0.497 e. The van der Waals surface area contributed by atoms with Crippen LogP contribution in [0, 0.1) is 5.92 Å². The van der Waals surface area contributed by atoms with Gasteiger partial charge in [0, 0.05) is 12.5 Å². The van der Waals surface area contributed by atoms with Crippen molar-refractivity contribution < 1.29 is 9.84 Å². The summed E-state index contributed by atoms with van der Waals surface area (Å²) >= 11 is 0. The van der Waals surface area contributed by atoms with Gasteiger partial charge in [-0.15, -0.1) is 12.4 Å². The maximum Gasteiger partial charge on any atom is 0.118 e. The molecule has 2 aromatic rings. The molecule has 31 heavy (non-hydrogen) atoms. The maximum atomic E-state index is 12.6. The van der Waals surface area contributed by atoms with Crippen molar-refractivity contribution in [3.8, 4) is 5.75 Å². The highest BCUT2D eigenvalue weighted by atomic mass is 35.5. The zero-order valence-corrected chi connectivity index (χ0v) is 19.7. The van der Waals surface area contributed by atoms with E-state index < -0.39 is 5.60 Å². The Bertz CT molecular complexity index is 770. The molecular weight excluding hydrogens is 406 g/mol. The first-order valence-corrected chi connectivity index (χ1v) is 11.9. The predicted molar refractivity (Wildman–Crippen MR) is 130 cm³/mol. The Morgan fingerprint density at radius 3 is 2.13 bits per heavy atom. The molecule has 1 aliphatic carbocycles. The number of piperidine rings is 1. The van der Waals surface area contributed by atoms with Crippen LogP contribution in [0.4, 0.5) is 0 Å². The number of halogens is 1. The number of benzene rings is 2. The molecule has 2 aliphatic rings. The Kier molecular flexibility index (Phi) is 8.83. The van der Waals surface area contributed by atoms with Crippen molar-refractivity contribution in [2.45, 2.75) is 62.9 Å². The summed E-state index contributed by atoms with van der Waals surface area (Å²) in [7, 11) is 1.70. The van der Waals surface area contributed by atoms with Crippen LogP contribution in [0.2, 0.25) is 0 Å². The fourth-order valence-electron chi connectivity index (χ4n) is 5.71. The Hall–Kier alpha value is -1.55. The zero-order valence-electron chi connectivity index (χ0n) is 18.8. The molecule has 2 unspecified atom stereocenters. The van der Waals surface area contributed by atoms with Crippen molar-refractivity contribution in [1.82, 2.24) is 4.90 Å². The average Bonchev–Trinajstić information content (AvgIpc) is 2.84. The minimum atomic E-state index is -0.870. The van der Waals surface area contributed by atoms with Crippen LogP contribution in [0.5, 0.6) is 5.75 Å². The Balaban J connectivity index is 0.00000272. The quantitative estimate of drug-likeness (QED) is 0.556. The number of aliphatic hydroxyl groups is 1. The highest BCUT2D eigenvalue weighted by molar-refractivity contribution is 5.85. The Morgan fingerprint density at radius 1 is 0.903 bits per heavy atom. The second-order valence-corrected chi connectivity index (χ2v) is 9.21. The standard InChI is InChI=1S/C27H37NO2.ClH/c1-30-25-17-15-24(16-18-25)27(29,23-13-7-3-8-14-23)26(22-11-5-2-6-12-22)21-28-19-9-4-10-20-28;/h2,5-6,11-12,15-18,23,26,29H,3-4,7-10,13-14,19-21H2,1H3;1H. The molecule has 0 bridgehead atoms. The van der Waals surface area contributed by atoms with Crippen LogP contribution in [0.3, 0.4) is 0 Å². The SMILES string of the molecule is COc1ccc(C(O)(C2CCCCC2)C(CN2CCCCC2)c2ccccc2)cc1.Cl. The summed E-state index contributed by atoms with van der Waals surface area (Å²) < 4.78 is 5.40. The maximum absolute atomic E-state index is 12.6. The van der Waals surface area contributed by atoms with Crippen LogP contribution < -0.4 is 4.74 Å². The molecule has 0 aromatic heterocycles. The molecule has 170 valence electrons. The van der Waals surface area contributed by atoms with Gasteiger partial charge < -0.3 is 14.7 Å². The molecular formula is C27H38ClNO2. The van der Waals surface area contributed by atoms with Crippen LogP contribution in [0.25, 0.3) is 0 Å². The number of likely N-dealkylation sites (tertiary alicyclic amines) is 1. The van der Waals surface area contributed by atoms with E-state index in [1.165, 1.54) is 44.1 Å². The molecule has 4 rings (SSSR count). The molecule has 1 aliphatic heterocycles. The van der Waals surface area contributed by atoms with Gasteiger partial charge in [-0.1, -0.05) is 68.1 Å². The molecule has 0 radical (unpaired) electrons. The molecule has 1 heterocycles. The van der Waals surface area contributed by atoms with Gasteiger partial charge in [-0.05, 0) is 68.0 Å². The summed E-state index contributed by atoms with van der Waals surface area (Å²) in [5.74, 6) is 1.19. The van der Waals surface area contributed by atoms with Crippen LogP contribution in [0.1, 0.15) is 68.4 Å². The minimum absolute atomic E-state index is 0. The fraction of sp³-hybridized carbons (Fsp3) is 0.556. The number of hydrogen-bond donors (Lipinski definition) is 1. The van der Waals surface area contributed by atoms with E-state index in [1.807, 2.05) is 12.1 Å². The van der Waals surface area contributed by atoms with Gasteiger partial charge in [-0.2, -0.15) is 0 Å². The summed E-state index contributed by atoms with van der Waals surface area (Å²) in [5.41, 5.74) is 1.43. The van der Waals surface area contributed by atoms with Crippen LogP contribution >= 0.6 is 12.4 Å². The van der Waals surface area contributed by atoms with Crippen molar-refractivity contribution in [1.29, 1.82) is 0 Å². The molecule has 3 nitrogen and oxygen atoms in total. The molecule has 1 N–H and O–H groups in total. The third kappa shape index (κ3) is 5.45. The number of rotatable bonds is 7. The topological polar surface area (TPSA) is 32.7 Å². The van der Waals surface area contributed by atoms with Gasteiger partial charge in [0.05, 0.1) is 7.11 Å². The van der Waals surface area contributed by atoms with E-state index in [-0.39, 0.29) is 24.2 Å². The third-order valence-electron chi connectivity index (χ3n) is 7.40. The van der Waals surface area contributed by atoms with Crippen LogP contribution in [-0.4, -0.2) is 36.8 Å². The van der Waals surface area contributed by atoms with Crippen molar-refractivity contribution in [3.05, 3.63) is 65.7 Å². The molecule has 0 spiro atoms. The smallest absolute Gasteiger partial charge is 0.118 e. The average molecular weight is 444 g/mol. The summed E-state index contributed by atoms with van der Waals surface area (Å²) in [6.45, 7) is 3.21. The van der Waals surface area contributed by atoms with Gasteiger partial charge in [-0.25, -0.2) is 0 Å². The highest BCUT2D eigenvalue weighted by Gasteiger charge is 2.46. The van der Waals surface area contributed by atoms with Gasteiger partial charge in [0.25, 0.3) is 0 Å². The summed E-state index contributed by atoms with van der Waals surface area (Å²) in [5, 5.41) is 12.6. The molecule has 4 heteroatoms. The lowest BCUT2D eigenvalue weighted by atomic mass is 9.65. The fourth-order valence-corrected chi connectivity index (χ4v) is 5.71. The third-order valence-corrected chi connectivity index (χ3v) is 7.40. The van der Waals surface area contributed by atoms with E-state index in [0.717, 1.165) is 43.8 Å². The Morgan fingerprint density at radius 2 is 1.52 bits per heavy atom. The van der Waals surface area contributed by atoms with Crippen molar-refractivity contribution in [2.24, 2.45) is 5.92 Å². The van der Waals surface area contributed by atoms with E-state index in [2.05, 4.69) is 47.4 Å². The number of hydrogen-bond acceptors (Lipinski definition) is 3. The lowest BCUT2D eigenvalue weighted by molar-refractivity contribution is -0.0710.